The topological polar surface area (TPSA) is 69.1 Å². The molecule has 2 atom stereocenters. The predicted molar refractivity (Wildman–Crippen MR) is 152 cm³/mol. The second-order valence-corrected chi connectivity index (χ2v) is 14.7. The van der Waals surface area contributed by atoms with Crippen molar-refractivity contribution in [3.8, 4) is 11.6 Å². The summed E-state index contributed by atoms with van der Waals surface area (Å²) >= 11 is 0. The van der Waals surface area contributed by atoms with Crippen molar-refractivity contribution in [2.45, 2.75) is 86.2 Å². The maximum absolute atomic E-state index is 13.3. The fraction of sp³-hybridized carbons (Fsp3) is 0.643. The molecule has 0 saturated carbocycles. The van der Waals surface area contributed by atoms with Crippen LogP contribution >= 0.6 is 0 Å². The molecule has 0 aromatic carbocycles. The molecule has 37 heavy (non-hydrogen) atoms. The van der Waals surface area contributed by atoms with Crippen LogP contribution in [0, 0.1) is 19.3 Å². The van der Waals surface area contributed by atoms with Crippen LogP contribution in [0.2, 0.25) is 13.1 Å². The van der Waals surface area contributed by atoms with Crippen LogP contribution in [0.1, 0.15) is 52.9 Å². The molecule has 1 aliphatic heterocycles. The highest BCUT2D eigenvalue weighted by atomic mass is 28.3. The Labute approximate surface area is 224 Å². The second kappa shape index (κ2) is 11.1. The summed E-state index contributed by atoms with van der Waals surface area (Å²) in [6.07, 6.45) is 1.45. The molecule has 9 heteroatoms. The lowest BCUT2D eigenvalue weighted by Crippen LogP contribution is -2.63. The summed E-state index contributed by atoms with van der Waals surface area (Å²) in [5.74, 6) is 1.58. The van der Waals surface area contributed by atoms with Gasteiger partial charge in [0.2, 0.25) is 0 Å². The number of anilines is 1. The zero-order chi connectivity index (χ0) is 27.7. The summed E-state index contributed by atoms with van der Waals surface area (Å²) in [4.78, 5) is 22.3. The Morgan fingerprint density at radius 3 is 2.22 bits per heavy atom. The molecule has 0 aliphatic carbocycles. The molecule has 1 fully saturated rings. The Hall–Kier alpha value is -2.52. The van der Waals surface area contributed by atoms with Crippen molar-refractivity contribution in [2.24, 2.45) is 5.41 Å². The molecule has 3 rings (SSSR count). The second-order valence-electron chi connectivity index (χ2n) is 12.3. The van der Waals surface area contributed by atoms with Gasteiger partial charge in [0.25, 0.3) is 0 Å². The highest BCUT2D eigenvalue weighted by Gasteiger charge is 2.43. The third-order valence-electron chi connectivity index (χ3n) is 6.56. The quantitative estimate of drug-likeness (QED) is 0.470. The normalized spacial score (nSPS) is 17.8. The Balaban J connectivity index is 1.99. The molecule has 8 nitrogen and oxygen atoms in total. The summed E-state index contributed by atoms with van der Waals surface area (Å²) in [7, 11) is 0.300. The number of hydrogen-bond acceptors (Lipinski definition) is 6. The number of amides is 1. The molecule has 0 unspecified atom stereocenters. The first-order valence-electron chi connectivity index (χ1n) is 13.2. The van der Waals surface area contributed by atoms with Crippen molar-refractivity contribution in [2.75, 3.05) is 31.6 Å². The minimum Gasteiger partial charge on any atom is -0.494 e. The van der Waals surface area contributed by atoms with Crippen molar-refractivity contribution in [1.29, 1.82) is 0 Å². The number of piperazine rings is 1. The van der Waals surface area contributed by atoms with E-state index in [9.17, 15) is 4.79 Å². The van der Waals surface area contributed by atoms with Crippen LogP contribution in [0.3, 0.4) is 0 Å². The van der Waals surface area contributed by atoms with E-state index < -0.39 is 14.6 Å². The number of carbonyl (C=O) groups excluding carboxylic acids is 1. The van der Waals surface area contributed by atoms with Gasteiger partial charge < -0.3 is 23.4 Å². The Kier molecular flexibility index (Phi) is 8.69. The summed E-state index contributed by atoms with van der Waals surface area (Å²) < 4.78 is 20.4. The van der Waals surface area contributed by atoms with Gasteiger partial charge >= 0.3 is 6.09 Å². The number of aromatic nitrogens is 2. The van der Waals surface area contributed by atoms with E-state index in [1.165, 1.54) is 0 Å². The number of hydrogen-bond donors (Lipinski definition) is 0. The summed E-state index contributed by atoms with van der Waals surface area (Å²) in [5, 5.41) is 0. The predicted octanol–water partition coefficient (Wildman–Crippen LogP) is 5.34. The third-order valence-corrected chi connectivity index (χ3v) is 7.40. The number of methoxy groups -OCH3 is 1. The molecule has 3 heterocycles. The monoisotopic (exact) mass is 530 g/mol. The lowest BCUT2D eigenvalue weighted by atomic mass is 9.83. The third kappa shape index (κ3) is 6.87. The molecular weight excluding hydrogens is 484 g/mol. The smallest absolute Gasteiger partial charge is 0.410 e. The van der Waals surface area contributed by atoms with E-state index in [0.29, 0.717) is 19.6 Å². The van der Waals surface area contributed by atoms with Gasteiger partial charge in [0.15, 0.2) is 9.04 Å². The van der Waals surface area contributed by atoms with Crippen LogP contribution in [-0.4, -0.2) is 74.1 Å². The van der Waals surface area contributed by atoms with E-state index in [-0.39, 0.29) is 23.7 Å². The maximum atomic E-state index is 13.3. The van der Waals surface area contributed by atoms with Crippen molar-refractivity contribution in [1.82, 2.24) is 14.5 Å². The summed E-state index contributed by atoms with van der Waals surface area (Å²) in [6, 6.07) is 5.98. The van der Waals surface area contributed by atoms with Gasteiger partial charge in [-0.15, -0.1) is 0 Å². The summed E-state index contributed by atoms with van der Waals surface area (Å²) in [5.41, 5.74) is 2.42. The maximum Gasteiger partial charge on any atom is 0.410 e. The lowest BCUT2D eigenvalue weighted by molar-refractivity contribution is -0.0289. The molecular formula is C28H46N4O4Si. The number of rotatable bonds is 6. The SMILES string of the molecule is COc1cc(-n2c(C)ccc2C)ncc1N1CCN(C(=O)OC(C)(C)C)[C@@H]([C@H](O[SiH](C)C)C(C)(C)C)C1. The van der Waals surface area contributed by atoms with Gasteiger partial charge in [-0.05, 0) is 65.3 Å². The van der Waals surface area contributed by atoms with Crippen molar-refractivity contribution in [3.63, 3.8) is 0 Å². The van der Waals surface area contributed by atoms with Crippen molar-refractivity contribution < 1.29 is 18.7 Å². The van der Waals surface area contributed by atoms with Crippen LogP contribution < -0.4 is 9.64 Å². The highest BCUT2D eigenvalue weighted by molar-refractivity contribution is 6.48. The first-order valence-corrected chi connectivity index (χ1v) is 16.0. The first kappa shape index (κ1) is 29.0. The number of carbonyl (C=O) groups is 1. The minimum atomic E-state index is -1.39. The van der Waals surface area contributed by atoms with Gasteiger partial charge in [0.05, 0.1) is 31.1 Å². The van der Waals surface area contributed by atoms with Crippen LogP contribution in [0.25, 0.3) is 5.82 Å². The molecule has 2 aromatic rings. The van der Waals surface area contributed by atoms with Gasteiger partial charge in [-0.1, -0.05) is 20.8 Å². The van der Waals surface area contributed by atoms with Gasteiger partial charge in [-0.25, -0.2) is 9.78 Å². The molecule has 1 amide bonds. The fourth-order valence-electron chi connectivity index (χ4n) is 4.97. The fourth-order valence-corrected chi connectivity index (χ4v) is 6.15. The van der Waals surface area contributed by atoms with Gasteiger partial charge in [-0.3, -0.25) is 4.90 Å². The van der Waals surface area contributed by atoms with Crippen molar-refractivity contribution in [3.05, 3.63) is 35.8 Å². The van der Waals surface area contributed by atoms with Gasteiger partial charge in [0.1, 0.15) is 17.2 Å². The van der Waals surface area contributed by atoms with Crippen LogP contribution in [0.5, 0.6) is 5.75 Å². The lowest BCUT2D eigenvalue weighted by Gasteiger charge is -2.49. The number of pyridine rings is 1. The number of ether oxygens (including phenoxy) is 2. The van der Waals surface area contributed by atoms with E-state index in [2.05, 4.69) is 69.3 Å². The van der Waals surface area contributed by atoms with E-state index >= 15 is 0 Å². The van der Waals surface area contributed by atoms with E-state index in [0.717, 1.165) is 28.6 Å². The van der Waals surface area contributed by atoms with E-state index in [4.69, 9.17) is 18.9 Å². The number of aryl methyl sites for hydroxylation is 2. The molecule has 1 aliphatic rings. The Bertz CT molecular complexity index is 1070. The van der Waals surface area contributed by atoms with Crippen LogP contribution in [0.15, 0.2) is 24.4 Å². The molecule has 0 spiro atoms. The molecule has 0 radical (unpaired) electrons. The van der Waals surface area contributed by atoms with Crippen molar-refractivity contribution >= 4 is 20.8 Å². The van der Waals surface area contributed by atoms with Gasteiger partial charge in [0, 0.05) is 37.1 Å². The van der Waals surface area contributed by atoms with Crippen LogP contribution in [-0.2, 0) is 9.16 Å². The first-order chi connectivity index (χ1) is 17.1. The molecule has 0 N–H and O–H groups in total. The zero-order valence-corrected chi connectivity index (χ0v) is 25.7. The van der Waals surface area contributed by atoms with Crippen LogP contribution in [0.4, 0.5) is 10.5 Å². The van der Waals surface area contributed by atoms with E-state index in [1.807, 2.05) is 37.9 Å². The summed E-state index contributed by atoms with van der Waals surface area (Å²) in [6.45, 7) is 22.5. The van der Waals surface area contributed by atoms with Gasteiger partial charge in [-0.2, -0.15) is 0 Å². The average molecular weight is 531 g/mol. The largest absolute Gasteiger partial charge is 0.494 e. The standard InChI is InChI=1S/C28H46N4O4Si/c1-19-12-13-20(2)32(19)24-16-23(34-9)21(17-29-24)30-14-15-31(26(33)35-28(6,7)8)22(18-30)25(27(3,4)5)36-37(10)11/h12-13,16-17,22,25,37H,14-15,18H2,1-11H3/t22-,25+/m1/s1. The molecule has 1 saturated heterocycles. The average Bonchev–Trinajstić information content (AvgIpc) is 3.12. The highest BCUT2D eigenvalue weighted by Crippen LogP contribution is 2.36. The zero-order valence-electron chi connectivity index (χ0n) is 24.6. The molecule has 206 valence electrons. The molecule has 0 bridgehead atoms. The minimum absolute atomic E-state index is 0.141. The Morgan fingerprint density at radius 1 is 1.08 bits per heavy atom. The van der Waals surface area contributed by atoms with E-state index in [1.54, 1.807) is 7.11 Å². The Morgan fingerprint density at radius 2 is 1.70 bits per heavy atom. The number of nitrogens with zero attached hydrogens (tertiary/aromatic N) is 4. The molecule has 2 aromatic heterocycles.